The van der Waals surface area contributed by atoms with Gasteiger partial charge in [0.05, 0.1) is 11.4 Å². The molecule has 1 aromatic carbocycles. The molecule has 27 heavy (non-hydrogen) atoms. The molecular formula is C19H17FN6O. The molecule has 7 nitrogen and oxygen atoms in total. The van der Waals surface area contributed by atoms with Gasteiger partial charge in [-0.05, 0) is 29.3 Å². The van der Waals surface area contributed by atoms with Gasteiger partial charge in [0.15, 0.2) is 5.96 Å². The Morgan fingerprint density at radius 1 is 1.26 bits per heavy atom. The van der Waals surface area contributed by atoms with Crippen molar-refractivity contribution in [3.8, 4) is 11.3 Å². The topological polar surface area (TPSA) is 100 Å². The predicted octanol–water partition coefficient (Wildman–Crippen LogP) is 1.97. The highest BCUT2D eigenvalue weighted by molar-refractivity contribution is 6.08. The number of carbonyl (C=O) groups excluding carboxylic acids is 1. The summed E-state index contributed by atoms with van der Waals surface area (Å²) >= 11 is 0. The van der Waals surface area contributed by atoms with Crippen molar-refractivity contribution in [3.05, 3.63) is 71.7 Å². The predicted molar refractivity (Wildman–Crippen MR) is 98.2 cm³/mol. The third kappa shape index (κ3) is 2.57. The largest absolute Gasteiger partial charge is 0.369 e. The number of aliphatic imine (C=N–C) groups is 1. The summed E-state index contributed by atoms with van der Waals surface area (Å²) in [5, 5.41) is 6.87. The first-order valence-electron chi connectivity index (χ1n) is 8.31. The lowest BCUT2D eigenvalue weighted by atomic mass is 9.85. The lowest BCUT2D eigenvalue weighted by Crippen LogP contribution is -2.41. The Morgan fingerprint density at radius 3 is 2.70 bits per heavy atom. The summed E-state index contributed by atoms with van der Waals surface area (Å²) in [6.45, 7) is -0.630. The number of carbonyl (C=O) groups is 1. The van der Waals surface area contributed by atoms with Crippen molar-refractivity contribution in [1.29, 1.82) is 0 Å². The highest BCUT2D eigenvalue weighted by Gasteiger charge is 2.50. The number of H-pyrrole nitrogens is 1. The number of aromatic amines is 1. The zero-order valence-corrected chi connectivity index (χ0v) is 14.6. The summed E-state index contributed by atoms with van der Waals surface area (Å²) in [6, 6.07) is 12.4. The zero-order valence-electron chi connectivity index (χ0n) is 14.6. The number of hydrogen-bond acceptors (Lipinski definition) is 5. The van der Waals surface area contributed by atoms with Gasteiger partial charge in [-0.3, -0.25) is 19.8 Å². The molecule has 8 heteroatoms. The highest BCUT2D eigenvalue weighted by atomic mass is 19.1. The van der Waals surface area contributed by atoms with Gasteiger partial charge in [0, 0.05) is 25.0 Å². The normalized spacial score (nSPS) is 19.4. The SMILES string of the molecule is CN1C(=O)C(c2cccc(-c3ccn[nH]3)c2)(c2ccc(CF)cn2)N=C1N. The number of aromatic nitrogens is 3. The number of hydrogen-bond donors (Lipinski definition) is 2. The molecule has 0 radical (unpaired) electrons. The van der Waals surface area contributed by atoms with Gasteiger partial charge < -0.3 is 5.73 Å². The van der Waals surface area contributed by atoms with Gasteiger partial charge in [-0.1, -0.05) is 24.3 Å². The van der Waals surface area contributed by atoms with E-state index in [1.54, 1.807) is 31.4 Å². The highest BCUT2D eigenvalue weighted by Crippen LogP contribution is 2.39. The van der Waals surface area contributed by atoms with E-state index in [4.69, 9.17) is 5.73 Å². The van der Waals surface area contributed by atoms with Crippen LogP contribution in [0, 0.1) is 0 Å². The molecule has 1 aliphatic heterocycles. The third-order valence-corrected chi connectivity index (χ3v) is 4.68. The van der Waals surface area contributed by atoms with Crippen LogP contribution < -0.4 is 5.73 Å². The maximum absolute atomic E-state index is 13.2. The zero-order chi connectivity index (χ0) is 19.0. The van der Waals surface area contributed by atoms with Crippen LogP contribution in [-0.4, -0.2) is 39.0 Å². The number of nitrogens with zero attached hydrogens (tertiary/aromatic N) is 4. The molecule has 0 spiro atoms. The van der Waals surface area contributed by atoms with Crippen LogP contribution in [0.15, 0.2) is 59.9 Å². The van der Waals surface area contributed by atoms with E-state index in [0.29, 0.717) is 16.8 Å². The van der Waals surface area contributed by atoms with E-state index in [-0.39, 0.29) is 11.9 Å². The average Bonchev–Trinajstić information content (AvgIpc) is 3.32. The smallest absolute Gasteiger partial charge is 0.267 e. The number of benzene rings is 1. The van der Waals surface area contributed by atoms with Crippen molar-refractivity contribution >= 4 is 11.9 Å². The summed E-state index contributed by atoms with van der Waals surface area (Å²) in [5.74, 6) is -0.217. The molecular weight excluding hydrogens is 347 g/mol. The molecule has 3 N–H and O–H groups in total. The minimum atomic E-state index is -1.41. The maximum Gasteiger partial charge on any atom is 0.267 e. The second-order valence-corrected chi connectivity index (χ2v) is 6.28. The first-order chi connectivity index (χ1) is 13.1. The van der Waals surface area contributed by atoms with Crippen LogP contribution in [0.3, 0.4) is 0 Å². The van der Waals surface area contributed by atoms with Gasteiger partial charge in [0.25, 0.3) is 5.91 Å². The van der Waals surface area contributed by atoms with Crippen LogP contribution in [-0.2, 0) is 17.0 Å². The number of amides is 1. The van der Waals surface area contributed by atoms with Gasteiger partial charge in [-0.2, -0.15) is 5.10 Å². The number of likely N-dealkylation sites (N-methyl/N-ethyl adjacent to an activating group) is 1. The van der Waals surface area contributed by atoms with Gasteiger partial charge in [0.1, 0.15) is 6.67 Å². The molecule has 1 unspecified atom stereocenters. The number of nitrogens with one attached hydrogen (secondary N) is 1. The van der Waals surface area contributed by atoms with Crippen molar-refractivity contribution < 1.29 is 9.18 Å². The van der Waals surface area contributed by atoms with E-state index in [9.17, 15) is 9.18 Å². The Hall–Kier alpha value is -3.55. The average molecular weight is 364 g/mol. The van der Waals surface area contributed by atoms with Crippen LogP contribution in [0.2, 0.25) is 0 Å². The number of halogens is 1. The Labute approximate surface area is 154 Å². The fraction of sp³-hybridized carbons (Fsp3) is 0.158. The second kappa shape index (κ2) is 6.31. The number of guanidine groups is 1. The van der Waals surface area contributed by atoms with E-state index in [1.165, 1.54) is 11.1 Å². The maximum atomic E-state index is 13.2. The molecule has 0 fully saturated rings. The fourth-order valence-electron chi connectivity index (χ4n) is 3.19. The van der Waals surface area contributed by atoms with E-state index in [2.05, 4.69) is 20.2 Å². The Morgan fingerprint density at radius 2 is 2.11 bits per heavy atom. The number of rotatable bonds is 4. The first-order valence-corrected chi connectivity index (χ1v) is 8.31. The van der Waals surface area contributed by atoms with E-state index in [1.807, 2.05) is 24.3 Å². The van der Waals surface area contributed by atoms with E-state index >= 15 is 0 Å². The monoisotopic (exact) mass is 364 g/mol. The number of nitrogens with two attached hydrogens (primary N) is 1. The second-order valence-electron chi connectivity index (χ2n) is 6.28. The molecule has 4 rings (SSSR count). The molecule has 1 aliphatic rings. The summed E-state index contributed by atoms with van der Waals surface area (Å²) in [5.41, 5.74) is 7.64. The van der Waals surface area contributed by atoms with Crippen molar-refractivity contribution in [2.24, 2.45) is 10.7 Å². The molecule has 0 bridgehead atoms. The molecule has 3 heterocycles. The van der Waals surface area contributed by atoms with Crippen LogP contribution in [0.4, 0.5) is 4.39 Å². The van der Waals surface area contributed by atoms with Crippen LogP contribution >= 0.6 is 0 Å². The van der Waals surface area contributed by atoms with Crippen LogP contribution in [0.25, 0.3) is 11.3 Å². The Kier molecular flexibility index (Phi) is 3.95. The third-order valence-electron chi connectivity index (χ3n) is 4.68. The Bertz CT molecular complexity index is 1010. The van der Waals surface area contributed by atoms with Gasteiger partial charge in [-0.15, -0.1) is 0 Å². The first kappa shape index (κ1) is 16.9. The van der Waals surface area contributed by atoms with E-state index in [0.717, 1.165) is 11.3 Å². The van der Waals surface area contributed by atoms with Gasteiger partial charge >= 0.3 is 0 Å². The van der Waals surface area contributed by atoms with Crippen molar-refractivity contribution in [2.45, 2.75) is 12.2 Å². The molecule has 1 amide bonds. The Balaban J connectivity index is 1.92. The molecule has 1 atom stereocenters. The minimum Gasteiger partial charge on any atom is -0.369 e. The van der Waals surface area contributed by atoms with Crippen LogP contribution in [0.5, 0.6) is 0 Å². The lowest BCUT2D eigenvalue weighted by molar-refractivity contribution is -0.129. The van der Waals surface area contributed by atoms with E-state index < -0.39 is 12.2 Å². The summed E-state index contributed by atoms with van der Waals surface area (Å²) in [7, 11) is 1.57. The van der Waals surface area contributed by atoms with Crippen molar-refractivity contribution in [3.63, 3.8) is 0 Å². The number of pyridine rings is 1. The quantitative estimate of drug-likeness (QED) is 0.739. The molecule has 0 aliphatic carbocycles. The van der Waals surface area contributed by atoms with Gasteiger partial charge in [-0.25, -0.2) is 9.38 Å². The summed E-state index contributed by atoms with van der Waals surface area (Å²) in [4.78, 5) is 23.3. The molecule has 0 saturated carbocycles. The standard InChI is InChI=1S/C19H17FN6O/c1-26-17(27)19(24-18(26)21,16-6-5-12(10-20)11-22-16)14-4-2-3-13(9-14)15-7-8-23-25-15/h2-9,11H,10H2,1H3,(H2,21,24)(H,23,25). The molecule has 136 valence electrons. The fourth-order valence-corrected chi connectivity index (χ4v) is 3.19. The minimum absolute atomic E-state index is 0.100. The molecule has 0 saturated heterocycles. The molecule has 2 aromatic heterocycles. The summed E-state index contributed by atoms with van der Waals surface area (Å²) < 4.78 is 12.9. The van der Waals surface area contributed by atoms with Crippen molar-refractivity contribution in [1.82, 2.24) is 20.1 Å². The van der Waals surface area contributed by atoms with Crippen molar-refractivity contribution in [2.75, 3.05) is 7.05 Å². The van der Waals surface area contributed by atoms with Gasteiger partial charge in [0.2, 0.25) is 5.54 Å². The molecule has 3 aromatic rings. The summed E-state index contributed by atoms with van der Waals surface area (Å²) in [6.07, 6.45) is 3.06. The lowest BCUT2D eigenvalue weighted by Gasteiger charge is -2.25. The van der Waals surface area contributed by atoms with Crippen LogP contribution in [0.1, 0.15) is 16.8 Å². The number of alkyl halides is 1.